The SMILES string of the molecule is CCCN(CC)[C@@H](C)C(=O)Nc1c(C)cccc1C(C)C1CC1. The molecule has 3 nitrogen and oxygen atoms in total. The average Bonchev–Trinajstić information content (AvgIpc) is 3.38. The number of benzene rings is 1. The molecule has 1 aromatic rings. The molecule has 2 rings (SSSR count). The summed E-state index contributed by atoms with van der Waals surface area (Å²) in [4.78, 5) is 15.0. The van der Waals surface area contributed by atoms with E-state index in [1.807, 2.05) is 6.92 Å². The fraction of sp³-hybridized carbons (Fsp3) is 0.650. The Kier molecular flexibility index (Phi) is 6.23. The molecule has 0 aromatic heterocycles. The highest BCUT2D eigenvalue weighted by molar-refractivity contribution is 5.96. The van der Waals surface area contributed by atoms with Crippen LogP contribution in [0.5, 0.6) is 0 Å². The van der Waals surface area contributed by atoms with Gasteiger partial charge in [-0.25, -0.2) is 0 Å². The van der Waals surface area contributed by atoms with Gasteiger partial charge in [-0.1, -0.05) is 39.0 Å². The lowest BCUT2D eigenvalue weighted by Gasteiger charge is -2.27. The molecule has 1 aliphatic rings. The summed E-state index contributed by atoms with van der Waals surface area (Å²) in [5, 5.41) is 3.23. The molecule has 0 aliphatic heterocycles. The normalized spacial score (nSPS) is 17.1. The van der Waals surface area contributed by atoms with Crippen molar-refractivity contribution in [1.29, 1.82) is 0 Å². The lowest BCUT2D eigenvalue weighted by Crippen LogP contribution is -2.42. The fourth-order valence-electron chi connectivity index (χ4n) is 3.40. The van der Waals surface area contributed by atoms with E-state index in [0.717, 1.165) is 36.7 Å². The van der Waals surface area contributed by atoms with E-state index in [-0.39, 0.29) is 11.9 Å². The molecule has 1 fully saturated rings. The van der Waals surface area contributed by atoms with Gasteiger partial charge in [0.25, 0.3) is 0 Å². The van der Waals surface area contributed by atoms with Gasteiger partial charge in [-0.3, -0.25) is 9.69 Å². The van der Waals surface area contributed by atoms with Gasteiger partial charge in [0, 0.05) is 5.69 Å². The number of anilines is 1. The second kappa shape index (κ2) is 7.96. The van der Waals surface area contributed by atoms with Crippen molar-refractivity contribution < 1.29 is 4.79 Å². The van der Waals surface area contributed by atoms with E-state index >= 15 is 0 Å². The van der Waals surface area contributed by atoms with Crippen LogP contribution in [-0.2, 0) is 4.79 Å². The molecule has 1 saturated carbocycles. The molecule has 0 spiro atoms. The average molecular weight is 316 g/mol. The maximum atomic E-state index is 12.7. The van der Waals surface area contributed by atoms with E-state index in [1.54, 1.807) is 0 Å². The first-order valence-electron chi connectivity index (χ1n) is 9.13. The third-order valence-electron chi connectivity index (χ3n) is 5.22. The van der Waals surface area contributed by atoms with Crippen LogP contribution in [0.1, 0.15) is 64.0 Å². The van der Waals surface area contributed by atoms with Crippen LogP contribution >= 0.6 is 0 Å². The van der Waals surface area contributed by atoms with Crippen molar-refractivity contribution in [1.82, 2.24) is 4.90 Å². The van der Waals surface area contributed by atoms with Crippen molar-refractivity contribution >= 4 is 11.6 Å². The summed E-state index contributed by atoms with van der Waals surface area (Å²) in [5.41, 5.74) is 3.50. The van der Waals surface area contributed by atoms with E-state index in [2.05, 4.69) is 56.1 Å². The number of amides is 1. The zero-order valence-corrected chi connectivity index (χ0v) is 15.4. The quantitative estimate of drug-likeness (QED) is 0.762. The number of para-hydroxylation sites is 1. The van der Waals surface area contributed by atoms with Gasteiger partial charge in [-0.15, -0.1) is 0 Å². The molecule has 1 amide bonds. The maximum Gasteiger partial charge on any atom is 0.241 e. The van der Waals surface area contributed by atoms with E-state index in [0.29, 0.717) is 5.92 Å². The molecule has 128 valence electrons. The van der Waals surface area contributed by atoms with E-state index < -0.39 is 0 Å². The molecule has 23 heavy (non-hydrogen) atoms. The summed E-state index contributed by atoms with van der Waals surface area (Å²) in [6.07, 6.45) is 3.71. The number of likely N-dealkylation sites (N-methyl/N-ethyl adjacent to an activating group) is 1. The molecule has 2 atom stereocenters. The molecule has 3 heteroatoms. The Morgan fingerprint density at radius 1 is 1.30 bits per heavy atom. The van der Waals surface area contributed by atoms with Crippen molar-refractivity contribution in [2.45, 2.75) is 65.8 Å². The zero-order valence-electron chi connectivity index (χ0n) is 15.4. The first kappa shape index (κ1) is 18.0. The van der Waals surface area contributed by atoms with Crippen molar-refractivity contribution in [3.8, 4) is 0 Å². The number of aryl methyl sites for hydroxylation is 1. The van der Waals surface area contributed by atoms with E-state index in [4.69, 9.17) is 0 Å². The number of carbonyl (C=O) groups is 1. The summed E-state index contributed by atoms with van der Waals surface area (Å²) >= 11 is 0. The predicted molar refractivity (Wildman–Crippen MR) is 97.9 cm³/mol. The molecule has 1 aliphatic carbocycles. The van der Waals surface area contributed by atoms with Crippen LogP contribution in [0.15, 0.2) is 18.2 Å². The summed E-state index contributed by atoms with van der Waals surface area (Å²) in [7, 11) is 0. The Morgan fingerprint density at radius 2 is 2.00 bits per heavy atom. The minimum atomic E-state index is -0.0939. The summed E-state index contributed by atoms with van der Waals surface area (Å²) < 4.78 is 0. The highest BCUT2D eigenvalue weighted by Crippen LogP contribution is 2.44. The minimum absolute atomic E-state index is 0.0939. The molecule has 0 bridgehead atoms. The largest absolute Gasteiger partial charge is 0.324 e. The van der Waals surface area contributed by atoms with Crippen molar-refractivity contribution in [2.75, 3.05) is 18.4 Å². The van der Waals surface area contributed by atoms with E-state index in [1.165, 1.54) is 18.4 Å². The minimum Gasteiger partial charge on any atom is -0.324 e. The molecule has 1 aromatic carbocycles. The van der Waals surface area contributed by atoms with Crippen LogP contribution in [0.3, 0.4) is 0 Å². The van der Waals surface area contributed by atoms with Gasteiger partial charge in [0.15, 0.2) is 0 Å². The molecular formula is C20H32N2O. The fourth-order valence-corrected chi connectivity index (χ4v) is 3.40. The third kappa shape index (κ3) is 4.35. The van der Waals surface area contributed by atoms with Crippen LogP contribution in [0, 0.1) is 12.8 Å². The molecule has 0 saturated heterocycles. The second-order valence-corrected chi connectivity index (χ2v) is 6.96. The predicted octanol–water partition coefficient (Wildman–Crippen LogP) is 4.57. The molecule has 0 radical (unpaired) electrons. The van der Waals surface area contributed by atoms with Gasteiger partial charge < -0.3 is 5.32 Å². The van der Waals surface area contributed by atoms with Crippen molar-refractivity contribution in [2.24, 2.45) is 5.92 Å². The van der Waals surface area contributed by atoms with Gasteiger partial charge in [0.2, 0.25) is 5.91 Å². The van der Waals surface area contributed by atoms with Gasteiger partial charge >= 0.3 is 0 Å². The zero-order chi connectivity index (χ0) is 17.0. The Bertz CT molecular complexity index is 536. The lowest BCUT2D eigenvalue weighted by molar-refractivity contribution is -0.120. The van der Waals surface area contributed by atoms with Crippen LogP contribution < -0.4 is 5.32 Å². The number of nitrogens with one attached hydrogen (secondary N) is 1. The van der Waals surface area contributed by atoms with Gasteiger partial charge in [-0.2, -0.15) is 0 Å². The summed E-state index contributed by atoms with van der Waals surface area (Å²) in [6, 6.07) is 6.29. The number of rotatable bonds is 8. The third-order valence-corrected chi connectivity index (χ3v) is 5.22. The molecular weight excluding hydrogens is 284 g/mol. The summed E-state index contributed by atoms with van der Waals surface area (Å²) in [5.74, 6) is 1.43. The molecule has 0 heterocycles. The Hall–Kier alpha value is -1.35. The molecule has 1 N–H and O–H groups in total. The van der Waals surface area contributed by atoms with Crippen molar-refractivity contribution in [3.63, 3.8) is 0 Å². The number of nitrogens with zero attached hydrogens (tertiary/aromatic N) is 1. The number of hydrogen-bond donors (Lipinski definition) is 1. The topological polar surface area (TPSA) is 32.3 Å². The van der Waals surface area contributed by atoms with Crippen LogP contribution in [0.25, 0.3) is 0 Å². The highest BCUT2D eigenvalue weighted by Gasteiger charge is 2.31. The Morgan fingerprint density at radius 3 is 2.57 bits per heavy atom. The first-order valence-corrected chi connectivity index (χ1v) is 9.13. The number of carbonyl (C=O) groups excluding carboxylic acids is 1. The highest BCUT2D eigenvalue weighted by atomic mass is 16.2. The smallest absolute Gasteiger partial charge is 0.241 e. The van der Waals surface area contributed by atoms with Crippen LogP contribution in [0.4, 0.5) is 5.69 Å². The monoisotopic (exact) mass is 316 g/mol. The Balaban J connectivity index is 2.16. The lowest BCUT2D eigenvalue weighted by atomic mass is 9.92. The van der Waals surface area contributed by atoms with Gasteiger partial charge in [0.05, 0.1) is 6.04 Å². The van der Waals surface area contributed by atoms with E-state index in [9.17, 15) is 4.79 Å². The molecule has 1 unspecified atom stereocenters. The standard InChI is InChI=1S/C20H32N2O/c1-6-13-22(7-2)16(5)20(23)21-19-14(3)9-8-10-18(19)15(4)17-11-12-17/h8-10,15-17H,6-7,11-13H2,1-5H3,(H,21,23)/t15?,16-/m0/s1. The van der Waals surface area contributed by atoms with Gasteiger partial charge in [-0.05, 0) is 69.2 Å². The maximum absolute atomic E-state index is 12.7. The summed E-state index contributed by atoms with van der Waals surface area (Å²) in [6.45, 7) is 12.5. The van der Waals surface area contributed by atoms with Gasteiger partial charge in [0.1, 0.15) is 0 Å². The van der Waals surface area contributed by atoms with Crippen LogP contribution in [-0.4, -0.2) is 29.9 Å². The van der Waals surface area contributed by atoms with Crippen LogP contribution in [0.2, 0.25) is 0 Å². The Labute approximate surface area is 141 Å². The van der Waals surface area contributed by atoms with Crippen molar-refractivity contribution in [3.05, 3.63) is 29.3 Å². The first-order chi connectivity index (χ1) is 11.0. The second-order valence-electron chi connectivity index (χ2n) is 6.96. The number of hydrogen-bond acceptors (Lipinski definition) is 2.